The molecule has 7 heteroatoms. The fourth-order valence-electron chi connectivity index (χ4n) is 3.85. The van der Waals surface area contributed by atoms with Gasteiger partial charge in [-0.2, -0.15) is 0 Å². The summed E-state index contributed by atoms with van der Waals surface area (Å²) in [6, 6.07) is 7.63. The van der Waals surface area contributed by atoms with Crippen LogP contribution in [0.3, 0.4) is 0 Å². The number of aliphatic imine (C=N–C) groups is 1. The van der Waals surface area contributed by atoms with Crippen molar-refractivity contribution in [1.29, 1.82) is 0 Å². The zero-order chi connectivity index (χ0) is 20.5. The first kappa shape index (κ1) is 21.6. The van der Waals surface area contributed by atoms with Crippen molar-refractivity contribution in [1.82, 2.24) is 15.5 Å². The number of hydrogen-bond acceptors (Lipinski definition) is 4. The van der Waals surface area contributed by atoms with E-state index in [1.54, 1.807) is 7.05 Å². The number of piperidine rings is 1. The topological polar surface area (TPSA) is 75.2 Å². The van der Waals surface area contributed by atoms with E-state index in [9.17, 15) is 4.79 Å². The molecule has 7 nitrogen and oxygen atoms in total. The molecule has 2 N–H and O–H groups in total. The Bertz CT molecular complexity index is 663. The highest BCUT2D eigenvalue weighted by atomic mass is 16.5. The highest BCUT2D eigenvalue weighted by molar-refractivity contribution is 5.93. The van der Waals surface area contributed by atoms with Gasteiger partial charge in [-0.1, -0.05) is 12.1 Å². The van der Waals surface area contributed by atoms with Crippen molar-refractivity contribution in [3.63, 3.8) is 0 Å². The third-order valence-electron chi connectivity index (χ3n) is 5.64. The van der Waals surface area contributed by atoms with Crippen molar-refractivity contribution in [2.45, 2.75) is 50.9 Å². The third-order valence-corrected chi connectivity index (χ3v) is 5.64. The summed E-state index contributed by atoms with van der Waals surface area (Å²) in [7, 11) is 3.46. The summed E-state index contributed by atoms with van der Waals surface area (Å²) < 4.78 is 11.9. The van der Waals surface area contributed by atoms with Crippen molar-refractivity contribution in [3.05, 3.63) is 35.4 Å². The fraction of sp³-hybridized carbons (Fsp3) is 0.636. The summed E-state index contributed by atoms with van der Waals surface area (Å²) in [6.07, 6.45) is 6.17. The molecular weight excluding hydrogens is 368 g/mol. The predicted molar refractivity (Wildman–Crippen MR) is 114 cm³/mol. The monoisotopic (exact) mass is 402 g/mol. The number of rotatable bonds is 6. The molecular formula is C22H34N4O3. The molecule has 2 fully saturated rings. The largest absolute Gasteiger partial charge is 0.376 e. The van der Waals surface area contributed by atoms with Gasteiger partial charge in [-0.05, 0) is 49.8 Å². The highest BCUT2D eigenvalue weighted by Crippen LogP contribution is 2.18. The lowest BCUT2D eigenvalue weighted by Crippen LogP contribution is -2.47. The molecule has 0 bridgehead atoms. The van der Waals surface area contributed by atoms with Gasteiger partial charge in [0.2, 0.25) is 0 Å². The lowest BCUT2D eigenvalue weighted by Gasteiger charge is -2.35. The van der Waals surface area contributed by atoms with E-state index < -0.39 is 0 Å². The molecule has 0 radical (unpaired) electrons. The smallest absolute Gasteiger partial charge is 0.251 e. The molecule has 0 saturated carbocycles. The zero-order valence-corrected chi connectivity index (χ0v) is 17.7. The normalized spacial score (nSPS) is 21.1. The molecule has 2 heterocycles. The number of nitrogens with one attached hydrogen (secondary N) is 2. The van der Waals surface area contributed by atoms with Crippen LogP contribution in [-0.4, -0.2) is 69.4 Å². The fourth-order valence-corrected chi connectivity index (χ4v) is 3.85. The van der Waals surface area contributed by atoms with E-state index in [-0.39, 0.29) is 12.0 Å². The molecule has 29 heavy (non-hydrogen) atoms. The van der Waals surface area contributed by atoms with Crippen LogP contribution in [0, 0.1) is 0 Å². The zero-order valence-electron chi connectivity index (χ0n) is 17.7. The molecule has 2 aliphatic rings. The minimum Gasteiger partial charge on any atom is -0.376 e. The van der Waals surface area contributed by atoms with E-state index in [0.29, 0.717) is 18.2 Å². The van der Waals surface area contributed by atoms with Crippen LogP contribution >= 0.6 is 0 Å². The average Bonchev–Trinajstić information content (AvgIpc) is 2.79. The first-order valence-corrected chi connectivity index (χ1v) is 10.7. The SMILES string of the molecule is CN=C(NCc1ccc(C(=O)NC)cc1)N1CCC(OCC2CCCCO2)CC1. The maximum Gasteiger partial charge on any atom is 0.251 e. The standard InChI is InChI=1S/C22H34N4O3/c1-23-21(27)18-8-6-17(7-9-18)15-25-22(24-2)26-12-10-19(11-13-26)29-16-20-5-3-4-14-28-20/h6-9,19-20H,3-5,10-16H2,1-2H3,(H,23,27)(H,24,25). The predicted octanol–water partition coefficient (Wildman–Crippen LogP) is 2.17. The number of benzene rings is 1. The van der Waals surface area contributed by atoms with Crippen LogP contribution in [0.4, 0.5) is 0 Å². The molecule has 1 amide bonds. The van der Waals surface area contributed by atoms with Gasteiger partial charge < -0.3 is 25.0 Å². The van der Waals surface area contributed by atoms with Crippen molar-refractivity contribution < 1.29 is 14.3 Å². The van der Waals surface area contributed by atoms with Crippen LogP contribution in [-0.2, 0) is 16.0 Å². The molecule has 1 aromatic carbocycles. The second kappa shape index (κ2) is 11.2. The van der Waals surface area contributed by atoms with Gasteiger partial charge in [-0.25, -0.2) is 0 Å². The van der Waals surface area contributed by atoms with Gasteiger partial charge in [-0.15, -0.1) is 0 Å². The van der Waals surface area contributed by atoms with E-state index in [1.165, 1.54) is 12.8 Å². The number of carbonyl (C=O) groups is 1. The van der Waals surface area contributed by atoms with E-state index in [4.69, 9.17) is 9.47 Å². The lowest BCUT2D eigenvalue weighted by molar-refractivity contribution is -0.0721. The van der Waals surface area contributed by atoms with E-state index in [1.807, 2.05) is 31.3 Å². The molecule has 2 aliphatic heterocycles. The van der Waals surface area contributed by atoms with Crippen LogP contribution in [0.15, 0.2) is 29.3 Å². The molecule has 0 aliphatic carbocycles. The Kier molecular flexibility index (Phi) is 8.31. The summed E-state index contributed by atoms with van der Waals surface area (Å²) in [5.74, 6) is 0.842. The third kappa shape index (κ3) is 6.44. The number of carbonyl (C=O) groups excluding carboxylic acids is 1. The Balaban J connectivity index is 1.40. The lowest BCUT2D eigenvalue weighted by atomic mass is 10.1. The Morgan fingerprint density at radius 2 is 1.97 bits per heavy atom. The molecule has 3 rings (SSSR count). The van der Waals surface area contributed by atoms with Crippen LogP contribution in [0.25, 0.3) is 0 Å². The molecule has 1 atom stereocenters. The Morgan fingerprint density at radius 1 is 1.21 bits per heavy atom. The van der Waals surface area contributed by atoms with Gasteiger partial charge >= 0.3 is 0 Å². The average molecular weight is 403 g/mol. The van der Waals surface area contributed by atoms with Crippen molar-refractivity contribution >= 4 is 11.9 Å². The van der Waals surface area contributed by atoms with E-state index in [2.05, 4.69) is 20.5 Å². The van der Waals surface area contributed by atoms with Crippen LogP contribution in [0.5, 0.6) is 0 Å². The van der Waals surface area contributed by atoms with E-state index in [0.717, 1.165) is 57.1 Å². The molecule has 160 valence electrons. The minimum absolute atomic E-state index is 0.0690. The number of hydrogen-bond donors (Lipinski definition) is 2. The van der Waals surface area contributed by atoms with Crippen LogP contribution in [0.2, 0.25) is 0 Å². The summed E-state index contributed by atoms with van der Waals surface area (Å²) in [5, 5.41) is 6.07. The molecule has 1 unspecified atom stereocenters. The number of nitrogens with zero attached hydrogens (tertiary/aromatic N) is 2. The van der Waals surface area contributed by atoms with Crippen molar-refractivity contribution in [2.24, 2.45) is 4.99 Å². The second-order valence-electron chi connectivity index (χ2n) is 7.69. The first-order valence-electron chi connectivity index (χ1n) is 10.7. The minimum atomic E-state index is -0.0690. The van der Waals surface area contributed by atoms with Gasteiger partial charge in [0, 0.05) is 45.9 Å². The summed E-state index contributed by atoms with van der Waals surface area (Å²) >= 11 is 0. The van der Waals surface area contributed by atoms with Crippen molar-refractivity contribution in [2.75, 3.05) is 40.4 Å². The van der Waals surface area contributed by atoms with Gasteiger partial charge in [0.25, 0.3) is 5.91 Å². The van der Waals surface area contributed by atoms with E-state index >= 15 is 0 Å². The summed E-state index contributed by atoms with van der Waals surface area (Å²) in [4.78, 5) is 18.4. The van der Waals surface area contributed by atoms with Crippen LogP contribution < -0.4 is 10.6 Å². The number of guanidine groups is 1. The van der Waals surface area contributed by atoms with Crippen molar-refractivity contribution in [3.8, 4) is 0 Å². The van der Waals surface area contributed by atoms with Gasteiger partial charge in [0.1, 0.15) is 0 Å². The number of likely N-dealkylation sites (tertiary alicyclic amines) is 1. The maximum absolute atomic E-state index is 11.6. The highest BCUT2D eigenvalue weighted by Gasteiger charge is 2.23. The quantitative estimate of drug-likeness (QED) is 0.563. The van der Waals surface area contributed by atoms with Crippen LogP contribution in [0.1, 0.15) is 48.0 Å². The van der Waals surface area contributed by atoms with Gasteiger partial charge in [0.05, 0.1) is 18.8 Å². The Labute approximate surface area is 173 Å². The summed E-state index contributed by atoms with van der Waals surface area (Å²) in [6.45, 7) is 4.15. The van der Waals surface area contributed by atoms with Gasteiger partial charge in [0.15, 0.2) is 5.96 Å². The number of ether oxygens (including phenoxy) is 2. The summed E-state index contributed by atoms with van der Waals surface area (Å²) in [5.41, 5.74) is 1.78. The van der Waals surface area contributed by atoms with Gasteiger partial charge in [-0.3, -0.25) is 9.79 Å². The Hall–Kier alpha value is -2.12. The second-order valence-corrected chi connectivity index (χ2v) is 7.69. The number of amides is 1. The first-order chi connectivity index (χ1) is 14.2. The molecule has 0 spiro atoms. The molecule has 1 aromatic rings. The Morgan fingerprint density at radius 3 is 2.59 bits per heavy atom. The molecule has 2 saturated heterocycles. The molecule has 0 aromatic heterocycles. The maximum atomic E-state index is 11.6.